The number of fused-ring (bicyclic) bond motifs is 1. The molecule has 3 aromatic rings. The molecular weight excluding hydrogens is 520 g/mol. The number of nitrogens with zero attached hydrogens (tertiary/aromatic N) is 1. The first-order chi connectivity index (χ1) is 19.9. The van der Waals surface area contributed by atoms with E-state index >= 15 is 4.39 Å². The second-order valence-corrected chi connectivity index (χ2v) is 11.9. The van der Waals surface area contributed by atoms with Crippen molar-refractivity contribution < 1.29 is 18.4 Å². The number of halogens is 2. The lowest BCUT2D eigenvalue weighted by molar-refractivity contribution is -0.125. The van der Waals surface area contributed by atoms with Crippen LogP contribution >= 0.6 is 0 Å². The van der Waals surface area contributed by atoms with Gasteiger partial charge < -0.3 is 15.5 Å². The van der Waals surface area contributed by atoms with Crippen molar-refractivity contribution in [2.24, 2.45) is 11.8 Å². The average molecular weight is 558 g/mol. The Labute approximate surface area is 240 Å². The Morgan fingerprint density at radius 1 is 0.854 bits per heavy atom. The van der Waals surface area contributed by atoms with Crippen LogP contribution in [0.5, 0.6) is 0 Å². The van der Waals surface area contributed by atoms with E-state index in [1.165, 1.54) is 31.0 Å². The lowest BCUT2D eigenvalue weighted by atomic mass is 9.76. The Bertz CT molecular complexity index is 1400. The number of benzene rings is 3. The van der Waals surface area contributed by atoms with Crippen molar-refractivity contribution in [1.29, 1.82) is 0 Å². The van der Waals surface area contributed by atoms with Crippen LogP contribution in [-0.2, 0) is 4.79 Å². The van der Waals surface area contributed by atoms with E-state index in [0.717, 1.165) is 43.4 Å². The van der Waals surface area contributed by atoms with Crippen LogP contribution in [0.15, 0.2) is 66.7 Å². The number of aryl methyl sites for hydroxylation is 1. The van der Waals surface area contributed by atoms with Crippen LogP contribution in [0.1, 0.15) is 78.9 Å². The van der Waals surface area contributed by atoms with Crippen molar-refractivity contribution in [2.45, 2.75) is 76.4 Å². The molecule has 2 saturated carbocycles. The predicted octanol–water partition coefficient (Wildman–Crippen LogP) is 7.64. The number of hydrogen-bond acceptors (Lipinski definition) is 3. The van der Waals surface area contributed by atoms with Crippen molar-refractivity contribution in [2.75, 3.05) is 10.6 Å². The van der Waals surface area contributed by atoms with Crippen LogP contribution in [0.25, 0.3) is 0 Å². The first-order valence-electron chi connectivity index (χ1n) is 14.9. The standard InChI is InChI=1S/C34H37F2N3O2/c1-21-7-4-13-29(36)31(21)34(41)39-30-14-5-8-23(30)19-28(33(40)38-27-12-6-9-24(35)20-27)32(39)22-15-17-26(18-16-22)37-25-10-2-3-11-25/h4,6-7,9,12-13,15-18,20,23,25,28,30,32,37H,2-3,5,8,10-11,14,19H2,1H3,(H,38,40)/t23-,28+,30?,32+/m1/s1. The third kappa shape index (κ3) is 5.59. The second kappa shape index (κ2) is 11.6. The van der Waals surface area contributed by atoms with E-state index in [-0.39, 0.29) is 29.3 Å². The molecule has 214 valence electrons. The molecule has 0 radical (unpaired) electrons. The Hall–Kier alpha value is -3.74. The van der Waals surface area contributed by atoms with Crippen LogP contribution < -0.4 is 10.6 Å². The number of amides is 2. The van der Waals surface area contributed by atoms with Gasteiger partial charge in [-0.1, -0.05) is 49.6 Å². The summed E-state index contributed by atoms with van der Waals surface area (Å²) in [5, 5.41) is 6.52. The summed E-state index contributed by atoms with van der Waals surface area (Å²) in [5.41, 5.74) is 2.87. The van der Waals surface area contributed by atoms with Gasteiger partial charge in [-0.15, -0.1) is 0 Å². The average Bonchev–Trinajstić information content (AvgIpc) is 3.64. The van der Waals surface area contributed by atoms with E-state index in [0.29, 0.717) is 23.7 Å². The highest BCUT2D eigenvalue weighted by atomic mass is 19.1. The molecule has 0 bridgehead atoms. The summed E-state index contributed by atoms with van der Waals surface area (Å²) in [5.74, 6) is -2.07. The van der Waals surface area contributed by atoms with Crippen LogP contribution in [0.4, 0.5) is 20.2 Å². The minimum Gasteiger partial charge on any atom is -0.382 e. The molecular formula is C34H37F2N3O2. The highest BCUT2D eigenvalue weighted by Gasteiger charge is 2.50. The zero-order valence-corrected chi connectivity index (χ0v) is 23.4. The van der Waals surface area contributed by atoms with E-state index in [1.807, 2.05) is 29.2 Å². The van der Waals surface area contributed by atoms with Gasteiger partial charge in [-0.2, -0.15) is 0 Å². The summed E-state index contributed by atoms with van der Waals surface area (Å²) in [6.07, 6.45) is 8.05. The Morgan fingerprint density at radius 3 is 2.34 bits per heavy atom. The molecule has 2 aliphatic carbocycles. The fourth-order valence-corrected chi connectivity index (χ4v) is 7.35. The summed E-state index contributed by atoms with van der Waals surface area (Å²) >= 11 is 0. The number of nitrogens with one attached hydrogen (secondary N) is 2. The quantitative estimate of drug-likeness (QED) is 0.327. The van der Waals surface area contributed by atoms with E-state index in [1.54, 1.807) is 31.2 Å². The minimum atomic E-state index is -0.588. The SMILES string of the molecule is Cc1cccc(F)c1C(=O)N1C2CCC[C@@H]2C[C@H](C(=O)Nc2cccc(F)c2)[C@@H]1c1ccc(NC2CCCC2)cc1. The molecule has 7 heteroatoms. The van der Waals surface area contributed by atoms with Gasteiger partial charge in [0.2, 0.25) is 5.91 Å². The molecule has 1 aliphatic heterocycles. The summed E-state index contributed by atoms with van der Waals surface area (Å²) in [6, 6.07) is 18.3. The number of anilines is 2. The highest BCUT2D eigenvalue weighted by molar-refractivity contribution is 5.98. The van der Waals surface area contributed by atoms with Crippen molar-refractivity contribution in [3.05, 3.63) is 95.1 Å². The molecule has 1 heterocycles. The fraction of sp³-hybridized carbons (Fsp3) is 0.412. The summed E-state index contributed by atoms with van der Waals surface area (Å²) in [6.45, 7) is 1.75. The minimum absolute atomic E-state index is 0.0638. The summed E-state index contributed by atoms with van der Waals surface area (Å²) in [4.78, 5) is 30.1. The monoisotopic (exact) mass is 557 g/mol. The molecule has 3 aromatic carbocycles. The Balaban J connectivity index is 1.40. The van der Waals surface area contributed by atoms with E-state index in [4.69, 9.17) is 0 Å². The van der Waals surface area contributed by atoms with Crippen molar-refractivity contribution in [1.82, 2.24) is 4.90 Å². The zero-order valence-electron chi connectivity index (χ0n) is 23.4. The van der Waals surface area contributed by atoms with Crippen molar-refractivity contribution in [3.8, 4) is 0 Å². The molecule has 3 fully saturated rings. The van der Waals surface area contributed by atoms with E-state index < -0.39 is 23.6 Å². The zero-order chi connectivity index (χ0) is 28.5. The first-order valence-corrected chi connectivity index (χ1v) is 14.9. The fourth-order valence-electron chi connectivity index (χ4n) is 7.35. The molecule has 5 nitrogen and oxygen atoms in total. The van der Waals surface area contributed by atoms with Crippen LogP contribution in [0, 0.1) is 30.4 Å². The molecule has 0 aromatic heterocycles. The van der Waals surface area contributed by atoms with Gasteiger partial charge in [0.15, 0.2) is 0 Å². The van der Waals surface area contributed by atoms with Gasteiger partial charge >= 0.3 is 0 Å². The molecule has 4 atom stereocenters. The second-order valence-electron chi connectivity index (χ2n) is 11.9. The Morgan fingerprint density at radius 2 is 1.61 bits per heavy atom. The number of likely N-dealkylation sites (tertiary alicyclic amines) is 1. The molecule has 1 unspecified atom stereocenters. The van der Waals surface area contributed by atoms with Gasteiger partial charge in [0.25, 0.3) is 5.91 Å². The van der Waals surface area contributed by atoms with Gasteiger partial charge in [0.1, 0.15) is 11.6 Å². The molecule has 2 amide bonds. The van der Waals surface area contributed by atoms with E-state index in [2.05, 4.69) is 10.6 Å². The van der Waals surface area contributed by atoms with Gasteiger partial charge in [-0.25, -0.2) is 8.78 Å². The topological polar surface area (TPSA) is 61.4 Å². The first kappa shape index (κ1) is 27.4. The van der Waals surface area contributed by atoms with Crippen LogP contribution in [0.3, 0.4) is 0 Å². The third-order valence-corrected chi connectivity index (χ3v) is 9.29. The van der Waals surface area contributed by atoms with Crippen LogP contribution in [0.2, 0.25) is 0 Å². The number of carbonyl (C=O) groups is 2. The molecule has 6 rings (SSSR count). The van der Waals surface area contributed by atoms with Gasteiger partial charge in [-0.05, 0) is 92.5 Å². The third-order valence-electron chi connectivity index (χ3n) is 9.29. The molecule has 0 spiro atoms. The van der Waals surface area contributed by atoms with E-state index in [9.17, 15) is 14.0 Å². The normalized spacial score (nSPS) is 24.2. The van der Waals surface area contributed by atoms with Gasteiger partial charge in [0, 0.05) is 23.5 Å². The molecule has 2 N–H and O–H groups in total. The van der Waals surface area contributed by atoms with Gasteiger partial charge in [0.05, 0.1) is 17.5 Å². The maximum absolute atomic E-state index is 15.2. The Kier molecular flexibility index (Phi) is 7.78. The maximum Gasteiger partial charge on any atom is 0.257 e. The summed E-state index contributed by atoms with van der Waals surface area (Å²) in [7, 11) is 0. The number of carbonyl (C=O) groups excluding carboxylic acids is 2. The van der Waals surface area contributed by atoms with Crippen LogP contribution in [-0.4, -0.2) is 28.8 Å². The molecule has 41 heavy (non-hydrogen) atoms. The smallest absolute Gasteiger partial charge is 0.257 e. The molecule has 1 saturated heterocycles. The number of rotatable bonds is 6. The van der Waals surface area contributed by atoms with Crippen molar-refractivity contribution in [3.63, 3.8) is 0 Å². The number of hydrogen-bond donors (Lipinski definition) is 2. The molecule has 3 aliphatic rings. The van der Waals surface area contributed by atoms with Gasteiger partial charge in [-0.3, -0.25) is 9.59 Å². The van der Waals surface area contributed by atoms with Crippen molar-refractivity contribution >= 4 is 23.2 Å². The summed E-state index contributed by atoms with van der Waals surface area (Å²) < 4.78 is 29.1. The number of piperidine rings is 1. The largest absolute Gasteiger partial charge is 0.382 e. The maximum atomic E-state index is 15.2. The predicted molar refractivity (Wildman–Crippen MR) is 157 cm³/mol. The lowest BCUT2D eigenvalue weighted by Crippen LogP contribution is -2.54. The highest BCUT2D eigenvalue weighted by Crippen LogP contribution is 2.49. The lowest BCUT2D eigenvalue weighted by Gasteiger charge is -2.48.